The fourth-order valence-corrected chi connectivity index (χ4v) is 8.44. The maximum absolute atomic E-state index is 11.8. The van der Waals surface area contributed by atoms with Gasteiger partial charge in [0.15, 0.2) is 0 Å². The van der Waals surface area contributed by atoms with Crippen LogP contribution in [0.1, 0.15) is 117 Å². The minimum absolute atomic E-state index is 0. The molecule has 2 aromatic heterocycles. The summed E-state index contributed by atoms with van der Waals surface area (Å²) in [5, 5.41) is 38.8. The van der Waals surface area contributed by atoms with Crippen LogP contribution in [0.25, 0.3) is 0 Å². The van der Waals surface area contributed by atoms with Gasteiger partial charge in [-0.15, -0.1) is 22.8 Å². The van der Waals surface area contributed by atoms with E-state index in [2.05, 4.69) is 0 Å². The number of fused-ring (bicyclic) bond motifs is 6. The molecule has 0 saturated heterocycles. The van der Waals surface area contributed by atoms with E-state index in [-0.39, 0.29) is 39.3 Å². The van der Waals surface area contributed by atoms with E-state index in [9.17, 15) is 39.6 Å². The van der Waals surface area contributed by atoms with Crippen molar-refractivity contribution in [2.75, 3.05) is 0 Å². The summed E-state index contributed by atoms with van der Waals surface area (Å²) in [6.07, 6.45) is 6.41. The minimum Gasteiger partial charge on any atom is -0.663 e. The fraction of sp³-hybridized carbons (Fsp3) is 0.125. The average molecular weight is 850 g/mol. The summed E-state index contributed by atoms with van der Waals surface area (Å²) in [6.45, 7) is 0. The summed E-state index contributed by atoms with van der Waals surface area (Å²) >= 11 is 0. The number of carbonyl (C=O) groups is 4. The van der Waals surface area contributed by atoms with E-state index in [1.165, 1.54) is 0 Å². The second-order valence-electron chi connectivity index (χ2n) is 14.9. The Balaban J connectivity index is 0.00000514. The second-order valence-corrected chi connectivity index (χ2v) is 14.9. The van der Waals surface area contributed by atoms with Crippen LogP contribution in [0, 0.1) is 0 Å². The Morgan fingerprint density at radius 2 is 0.885 bits per heavy atom. The van der Waals surface area contributed by atoms with Crippen molar-refractivity contribution in [1.29, 1.82) is 0 Å². The van der Waals surface area contributed by atoms with Crippen molar-refractivity contribution >= 4 is 35.3 Å². The molecule has 1 radical (unpaired) electrons. The van der Waals surface area contributed by atoms with Crippen molar-refractivity contribution in [2.45, 2.75) is 36.1 Å². The van der Waals surface area contributed by atoms with Gasteiger partial charge in [-0.05, 0) is 76.9 Å². The molecule has 5 heterocycles. The third kappa shape index (κ3) is 7.68. The van der Waals surface area contributed by atoms with Gasteiger partial charge in [-0.1, -0.05) is 84.9 Å². The van der Waals surface area contributed by atoms with Gasteiger partial charge in [0.1, 0.15) is 0 Å². The zero-order chi connectivity index (χ0) is 41.7. The molecule has 8 bridgehead atoms. The van der Waals surface area contributed by atoms with E-state index < -0.39 is 53.6 Å². The topological polar surface area (TPSA) is 202 Å². The Labute approximate surface area is 359 Å². The monoisotopic (exact) mass is 849 g/mol. The molecular formula is C48H34MnN4O8. The number of benzene rings is 4. The maximum Gasteiger partial charge on any atom is 2.00 e. The van der Waals surface area contributed by atoms with Crippen LogP contribution >= 0.6 is 0 Å². The van der Waals surface area contributed by atoms with Crippen molar-refractivity contribution < 1.29 is 56.7 Å². The van der Waals surface area contributed by atoms with Crippen LogP contribution in [0.4, 0.5) is 0 Å². The first-order valence-corrected chi connectivity index (χ1v) is 19.2. The molecule has 0 aliphatic carbocycles. The first-order chi connectivity index (χ1) is 29.0. The number of allylic oxidation sites excluding steroid dienone is 3. The number of hydrogen-bond acceptors (Lipinski definition) is 6. The van der Waals surface area contributed by atoms with Crippen molar-refractivity contribution in [1.82, 2.24) is 9.97 Å². The van der Waals surface area contributed by atoms with Crippen LogP contribution in [-0.2, 0) is 17.1 Å². The van der Waals surface area contributed by atoms with E-state index in [0.29, 0.717) is 40.6 Å². The number of rotatable bonds is 8. The number of aromatic nitrogens is 2. The van der Waals surface area contributed by atoms with Crippen molar-refractivity contribution in [3.8, 4) is 0 Å². The van der Waals surface area contributed by atoms with Crippen LogP contribution in [0.15, 0.2) is 155 Å². The molecule has 4 N–H and O–H groups in total. The molecular weight excluding hydrogens is 815 g/mol. The summed E-state index contributed by atoms with van der Waals surface area (Å²) in [4.78, 5) is 68.5. The summed E-state index contributed by atoms with van der Waals surface area (Å²) in [5.74, 6) is -6.14. The Kier molecular flexibility index (Phi) is 10.9. The van der Waals surface area contributed by atoms with Crippen molar-refractivity contribution in [3.63, 3.8) is 0 Å². The third-order valence-electron chi connectivity index (χ3n) is 11.4. The van der Waals surface area contributed by atoms with Gasteiger partial charge in [-0.25, -0.2) is 19.2 Å². The molecule has 0 saturated carbocycles. The molecule has 0 amide bonds. The van der Waals surface area contributed by atoms with Gasteiger partial charge in [-0.2, -0.15) is 0 Å². The fourth-order valence-electron chi connectivity index (χ4n) is 8.44. The standard InChI is InChI=1S/C48H34N4O8.Mn/c53-45(54)29-9-1-25(2-10-29)41-33-17-19-35(49-33)42(26-3-11-30(12-4-26)46(55)56)37-21-23-39(51-37)44(28-7-15-32(16-8-28)48(59)60)40-24-22-38(52-40)43(36-20-18-34(41)50-36)27-5-13-31(14-6-27)47(57)58;/h1-23,35,41-44H,24H2,(H,53,54)(H,55,56)(H,57,58)(H,59,60);/q-2;+2. The Morgan fingerprint density at radius 3 is 1.38 bits per heavy atom. The van der Waals surface area contributed by atoms with Gasteiger partial charge >= 0.3 is 40.9 Å². The molecule has 5 atom stereocenters. The van der Waals surface area contributed by atoms with Crippen LogP contribution < -0.4 is 9.97 Å². The molecule has 4 aromatic carbocycles. The average Bonchev–Trinajstić information content (AvgIpc) is 4.10. The molecule has 5 unspecified atom stereocenters. The third-order valence-corrected chi connectivity index (χ3v) is 11.4. The summed E-state index contributed by atoms with van der Waals surface area (Å²) < 4.78 is 0. The van der Waals surface area contributed by atoms with Gasteiger partial charge < -0.3 is 30.4 Å². The predicted octanol–water partition coefficient (Wildman–Crippen LogP) is 7.74. The minimum atomic E-state index is -1.05. The molecule has 301 valence electrons. The van der Waals surface area contributed by atoms with Crippen molar-refractivity contribution in [3.05, 3.63) is 213 Å². The van der Waals surface area contributed by atoms with Crippen LogP contribution in [0.2, 0.25) is 0 Å². The molecule has 0 fully saturated rings. The molecule has 61 heavy (non-hydrogen) atoms. The van der Waals surface area contributed by atoms with Gasteiger partial charge in [0.05, 0.1) is 28.3 Å². The smallest absolute Gasteiger partial charge is 0.663 e. The Morgan fingerprint density at radius 1 is 0.492 bits per heavy atom. The zero-order valence-electron chi connectivity index (χ0n) is 32.0. The number of nitrogens with zero attached hydrogens (tertiary/aromatic N) is 4. The van der Waals surface area contributed by atoms with E-state index in [4.69, 9.17) is 20.0 Å². The first-order valence-electron chi connectivity index (χ1n) is 19.2. The van der Waals surface area contributed by atoms with Gasteiger partial charge in [0.2, 0.25) is 0 Å². The molecule has 6 aromatic rings. The number of aliphatic imine (C=N–C) groups is 2. The molecule has 9 rings (SSSR count). The van der Waals surface area contributed by atoms with Crippen LogP contribution in [0.5, 0.6) is 0 Å². The number of hydrogen-bond donors (Lipinski definition) is 4. The van der Waals surface area contributed by atoms with Gasteiger partial charge in [-0.3, -0.25) is 9.98 Å². The molecule has 3 aliphatic rings. The zero-order valence-corrected chi connectivity index (χ0v) is 33.1. The van der Waals surface area contributed by atoms with E-state index in [0.717, 1.165) is 28.0 Å². The summed E-state index contributed by atoms with van der Waals surface area (Å²) in [7, 11) is 0. The largest absolute Gasteiger partial charge is 2.00 e. The van der Waals surface area contributed by atoms with Gasteiger partial charge in [0.25, 0.3) is 0 Å². The second kappa shape index (κ2) is 16.4. The molecule has 3 aliphatic heterocycles. The Bertz CT molecular complexity index is 2740. The molecule has 12 nitrogen and oxygen atoms in total. The molecule has 13 heteroatoms. The normalized spacial score (nSPS) is 20.2. The quantitative estimate of drug-likeness (QED) is 0.110. The predicted molar refractivity (Wildman–Crippen MR) is 221 cm³/mol. The maximum atomic E-state index is 11.8. The van der Waals surface area contributed by atoms with Crippen molar-refractivity contribution in [2.24, 2.45) is 9.98 Å². The van der Waals surface area contributed by atoms with Crippen LogP contribution in [0.3, 0.4) is 0 Å². The SMILES string of the molecule is O=C(O)c1ccc(C2C3=CCC(=N3)C(c3ccc(C(=O)O)cc3)c3ccc([n-]3)C(c3ccc(C(=O)O)cc3)C3C=CC(=N3)C(c3ccc(C(=O)O)cc3)c3ccc2[n-]3)cc1.[Mn+2]. The number of aromatic carboxylic acids is 4. The Hall–Kier alpha value is -7.34. The summed E-state index contributed by atoms with van der Waals surface area (Å²) in [5.41, 5.74) is 8.50. The summed E-state index contributed by atoms with van der Waals surface area (Å²) in [6, 6.07) is 33.9. The first kappa shape index (κ1) is 40.4. The van der Waals surface area contributed by atoms with E-state index in [1.54, 1.807) is 97.1 Å². The number of carboxylic acids is 4. The van der Waals surface area contributed by atoms with Crippen LogP contribution in [-0.4, -0.2) is 61.8 Å². The molecule has 0 spiro atoms. The van der Waals surface area contributed by atoms with Gasteiger partial charge in [0, 0.05) is 47.2 Å². The van der Waals surface area contributed by atoms with E-state index in [1.807, 2.05) is 42.5 Å². The number of carboxylic acid groups (broad SMARTS) is 4. The van der Waals surface area contributed by atoms with E-state index >= 15 is 0 Å².